The molecule has 5 aromatic heterocycles. The summed E-state index contributed by atoms with van der Waals surface area (Å²) >= 11 is 0. The molecule has 0 bridgehead atoms. The molecule has 0 aliphatic rings. The Labute approximate surface area is 353 Å². The molecular formula is C57H44N4. The Hall–Kier alpha value is -7.17. The van der Waals surface area contributed by atoms with E-state index in [1.54, 1.807) is 0 Å². The van der Waals surface area contributed by atoms with E-state index in [1.165, 1.54) is 92.4 Å². The van der Waals surface area contributed by atoms with E-state index < -0.39 is 0 Å². The highest BCUT2D eigenvalue weighted by Crippen LogP contribution is 2.51. The van der Waals surface area contributed by atoms with Gasteiger partial charge in [0.05, 0.1) is 38.8 Å². The molecule has 0 spiro atoms. The van der Waals surface area contributed by atoms with Gasteiger partial charge < -0.3 is 9.30 Å². The Morgan fingerprint density at radius 2 is 0.984 bits per heavy atom. The summed E-state index contributed by atoms with van der Waals surface area (Å²) in [5.41, 5.74) is 14.0. The van der Waals surface area contributed by atoms with Gasteiger partial charge in [-0.2, -0.15) is 0 Å². The Morgan fingerprint density at radius 3 is 1.67 bits per heavy atom. The smallest absolute Gasteiger partial charge is 0.146 e. The van der Waals surface area contributed by atoms with Gasteiger partial charge in [0.25, 0.3) is 0 Å². The topological polar surface area (TPSA) is 25.0 Å². The lowest BCUT2D eigenvalue weighted by Crippen LogP contribution is -2.15. The van der Waals surface area contributed by atoms with Crippen LogP contribution in [-0.2, 0) is 10.8 Å². The second-order valence-corrected chi connectivity index (χ2v) is 19.3. The number of hydrogen-bond donors (Lipinski definition) is 0. The molecular weight excluding hydrogens is 741 g/mol. The van der Waals surface area contributed by atoms with E-state index >= 15 is 0 Å². The van der Waals surface area contributed by atoms with Gasteiger partial charge >= 0.3 is 0 Å². The van der Waals surface area contributed by atoms with Crippen molar-refractivity contribution in [2.45, 2.75) is 52.4 Å². The largest absolute Gasteiger partial charge is 0.308 e. The minimum Gasteiger partial charge on any atom is -0.308 e. The Kier molecular flexibility index (Phi) is 6.69. The zero-order valence-corrected chi connectivity index (χ0v) is 35.3. The fraction of sp³-hybridized carbons (Fsp3) is 0.140. The molecule has 0 saturated heterocycles. The van der Waals surface area contributed by atoms with Gasteiger partial charge in [-0.3, -0.25) is 4.40 Å². The summed E-state index contributed by atoms with van der Waals surface area (Å²) in [6, 6.07) is 58.8. The average Bonchev–Trinajstić information content (AvgIpc) is 3.98. The lowest BCUT2D eigenvalue weighted by Gasteiger charge is -2.29. The van der Waals surface area contributed by atoms with Crippen molar-refractivity contribution in [2.75, 3.05) is 4.90 Å². The molecule has 0 N–H and O–H groups in total. The number of aromatic nitrogens is 3. The first-order valence-electron chi connectivity index (χ1n) is 21.6. The molecule has 292 valence electrons. The Balaban J connectivity index is 1.29. The molecule has 13 aromatic rings. The molecule has 13 rings (SSSR count). The molecule has 0 aliphatic carbocycles. The quantitative estimate of drug-likeness (QED) is 0.178. The maximum atomic E-state index is 5.90. The van der Waals surface area contributed by atoms with Crippen LogP contribution in [0.3, 0.4) is 0 Å². The normalized spacial score (nSPS) is 13.1. The van der Waals surface area contributed by atoms with Gasteiger partial charge in [-0.1, -0.05) is 139 Å². The summed E-state index contributed by atoms with van der Waals surface area (Å²) in [7, 11) is 0. The van der Waals surface area contributed by atoms with Crippen LogP contribution in [0.5, 0.6) is 0 Å². The molecule has 8 aromatic carbocycles. The molecule has 0 fully saturated rings. The lowest BCUT2D eigenvalue weighted by molar-refractivity contribution is 0.591. The van der Waals surface area contributed by atoms with E-state index in [4.69, 9.17) is 4.98 Å². The van der Waals surface area contributed by atoms with Crippen molar-refractivity contribution >= 4 is 115 Å². The van der Waals surface area contributed by atoms with Gasteiger partial charge in [-0.15, -0.1) is 0 Å². The molecule has 0 radical (unpaired) electrons. The molecule has 0 saturated carbocycles. The molecule has 0 atom stereocenters. The fourth-order valence-electron chi connectivity index (χ4n) is 10.6. The van der Waals surface area contributed by atoms with E-state index in [2.05, 4.69) is 213 Å². The van der Waals surface area contributed by atoms with Crippen LogP contribution < -0.4 is 4.90 Å². The van der Waals surface area contributed by atoms with Gasteiger partial charge in [0.2, 0.25) is 0 Å². The van der Waals surface area contributed by atoms with Crippen molar-refractivity contribution in [2.24, 2.45) is 0 Å². The summed E-state index contributed by atoms with van der Waals surface area (Å²) in [5.74, 6) is 0. The summed E-state index contributed by atoms with van der Waals surface area (Å²) in [5, 5.41) is 13.7. The zero-order chi connectivity index (χ0) is 41.1. The van der Waals surface area contributed by atoms with Crippen molar-refractivity contribution in [3.63, 3.8) is 0 Å². The standard InChI is InChI=1S/C57H44N4/c1-56(2,3)35-28-42-41-26-25-33-17-13-16-24-40(33)51(41)61-52(42)43(29-35)44-32-47-50(58-55(44)61)46-27-34-18-14-15-23-39(34)49-45-30-36(57(4,5)6)31-48(53(45)60(47)54(46)49)59(37-19-9-7-10-20-37)38-21-11-8-12-22-38/h7-32H,1-6H3. The number of nitrogens with zero attached hydrogens (tertiary/aromatic N) is 4. The monoisotopic (exact) mass is 784 g/mol. The molecule has 0 aliphatic heterocycles. The third kappa shape index (κ3) is 4.62. The van der Waals surface area contributed by atoms with Gasteiger partial charge in [-0.05, 0) is 98.8 Å². The number of fused-ring (bicyclic) bond motifs is 16. The van der Waals surface area contributed by atoms with Crippen LogP contribution in [0.4, 0.5) is 17.1 Å². The van der Waals surface area contributed by atoms with Crippen molar-refractivity contribution < 1.29 is 0 Å². The van der Waals surface area contributed by atoms with E-state index in [9.17, 15) is 0 Å². The SMILES string of the molecule is CC(C)(C)c1cc(N(c2ccccc2)c2ccccc2)c2c(c1)c1c3ccccc3cc3c4nc5c(cc4n2c31)c1cc(C(C)(C)C)cc2c3ccc4ccccc4c3n5c12. The second kappa shape index (κ2) is 11.8. The minimum atomic E-state index is -0.0991. The Morgan fingerprint density at radius 1 is 0.410 bits per heavy atom. The van der Waals surface area contributed by atoms with Crippen molar-refractivity contribution in [1.29, 1.82) is 0 Å². The summed E-state index contributed by atoms with van der Waals surface area (Å²) in [6.45, 7) is 14.0. The second-order valence-electron chi connectivity index (χ2n) is 19.3. The van der Waals surface area contributed by atoms with Gasteiger partial charge in [0, 0.05) is 54.5 Å². The third-order valence-corrected chi connectivity index (χ3v) is 13.6. The maximum absolute atomic E-state index is 5.90. The predicted molar refractivity (Wildman–Crippen MR) is 261 cm³/mol. The predicted octanol–water partition coefficient (Wildman–Crippen LogP) is 15.8. The number of pyridine rings is 1. The Bertz CT molecular complexity index is 3890. The van der Waals surface area contributed by atoms with Crippen LogP contribution in [0.15, 0.2) is 158 Å². The van der Waals surface area contributed by atoms with Crippen LogP contribution in [0.2, 0.25) is 0 Å². The van der Waals surface area contributed by atoms with Gasteiger partial charge in [0.1, 0.15) is 5.65 Å². The molecule has 0 unspecified atom stereocenters. The third-order valence-electron chi connectivity index (χ3n) is 13.6. The summed E-state index contributed by atoms with van der Waals surface area (Å²) < 4.78 is 5.06. The van der Waals surface area contributed by atoms with E-state index in [0.717, 1.165) is 33.7 Å². The van der Waals surface area contributed by atoms with Crippen LogP contribution in [0.1, 0.15) is 52.7 Å². The molecule has 5 heterocycles. The van der Waals surface area contributed by atoms with Crippen molar-refractivity contribution in [3.05, 3.63) is 169 Å². The number of para-hydroxylation sites is 2. The van der Waals surface area contributed by atoms with Crippen LogP contribution in [0.25, 0.3) is 98.0 Å². The first kappa shape index (κ1) is 34.7. The number of anilines is 3. The maximum Gasteiger partial charge on any atom is 0.146 e. The number of benzene rings is 8. The van der Waals surface area contributed by atoms with E-state index in [1.807, 2.05) is 0 Å². The fourth-order valence-corrected chi connectivity index (χ4v) is 10.6. The summed E-state index contributed by atoms with van der Waals surface area (Å²) in [4.78, 5) is 8.35. The minimum absolute atomic E-state index is 0.0417. The highest BCUT2D eigenvalue weighted by molar-refractivity contribution is 6.34. The van der Waals surface area contributed by atoms with Crippen LogP contribution >= 0.6 is 0 Å². The first-order valence-corrected chi connectivity index (χ1v) is 21.6. The van der Waals surface area contributed by atoms with Crippen molar-refractivity contribution in [3.8, 4) is 0 Å². The highest BCUT2D eigenvalue weighted by Gasteiger charge is 2.30. The van der Waals surface area contributed by atoms with Crippen LogP contribution in [0, 0.1) is 0 Å². The van der Waals surface area contributed by atoms with Gasteiger partial charge in [-0.25, -0.2) is 4.98 Å². The number of hydrogen-bond acceptors (Lipinski definition) is 2. The lowest BCUT2D eigenvalue weighted by atomic mass is 9.85. The average molecular weight is 785 g/mol. The van der Waals surface area contributed by atoms with Crippen LogP contribution in [-0.4, -0.2) is 13.8 Å². The molecule has 61 heavy (non-hydrogen) atoms. The number of rotatable bonds is 3. The molecule has 4 heteroatoms. The first-order chi connectivity index (χ1) is 29.5. The van der Waals surface area contributed by atoms with E-state index in [0.29, 0.717) is 0 Å². The van der Waals surface area contributed by atoms with Crippen molar-refractivity contribution in [1.82, 2.24) is 13.8 Å². The highest BCUT2D eigenvalue weighted by atomic mass is 15.2. The van der Waals surface area contributed by atoms with E-state index in [-0.39, 0.29) is 10.8 Å². The van der Waals surface area contributed by atoms with Gasteiger partial charge in [0.15, 0.2) is 0 Å². The summed E-state index contributed by atoms with van der Waals surface area (Å²) in [6.07, 6.45) is 0. The molecule has 4 nitrogen and oxygen atoms in total. The zero-order valence-electron chi connectivity index (χ0n) is 35.3. The molecule has 0 amide bonds.